The maximum absolute atomic E-state index is 12.6. The number of hydrogen-bond donors (Lipinski definition) is 1. The summed E-state index contributed by atoms with van der Waals surface area (Å²) in [5.41, 5.74) is 4.75. The second-order valence-electron chi connectivity index (χ2n) is 5.68. The number of benzene rings is 2. The Hall–Kier alpha value is -2.47. The number of halogens is 1. The van der Waals surface area contributed by atoms with Crippen LogP contribution in [0.4, 0.5) is 5.69 Å². The smallest absolute Gasteiger partial charge is 0.278 e. The molecule has 122 valence electrons. The second kappa shape index (κ2) is 6.57. The van der Waals surface area contributed by atoms with Crippen LogP contribution in [0.25, 0.3) is 5.69 Å². The fourth-order valence-electron chi connectivity index (χ4n) is 2.42. The molecule has 2 aromatic carbocycles. The van der Waals surface area contributed by atoms with Crippen molar-refractivity contribution in [2.24, 2.45) is 0 Å². The van der Waals surface area contributed by atoms with Crippen LogP contribution in [0.3, 0.4) is 0 Å². The Morgan fingerprint density at radius 1 is 1.08 bits per heavy atom. The van der Waals surface area contributed by atoms with Crippen molar-refractivity contribution in [1.82, 2.24) is 15.0 Å². The zero-order valence-electron chi connectivity index (χ0n) is 13.7. The van der Waals surface area contributed by atoms with Gasteiger partial charge in [-0.2, -0.15) is 0 Å². The number of anilines is 1. The summed E-state index contributed by atoms with van der Waals surface area (Å²) in [5.74, 6) is -0.260. The minimum Gasteiger partial charge on any atom is -0.320 e. The molecular formula is C18H17BrN4O. The quantitative estimate of drug-likeness (QED) is 0.735. The predicted molar refractivity (Wildman–Crippen MR) is 97.7 cm³/mol. The number of carbonyl (C=O) groups is 1. The van der Waals surface area contributed by atoms with Crippen LogP contribution in [0, 0.1) is 20.8 Å². The largest absolute Gasteiger partial charge is 0.320 e. The highest BCUT2D eigenvalue weighted by Crippen LogP contribution is 2.19. The third-order valence-electron chi connectivity index (χ3n) is 3.82. The average molecular weight is 385 g/mol. The first-order chi connectivity index (χ1) is 11.5. The Balaban J connectivity index is 1.89. The van der Waals surface area contributed by atoms with Crippen molar-refractivity contribution in [2.75, 3.05) is 5.32 Å². The Morgan fingerprint density at radius 2 is 1.79 bits per heavy atom. The molecule has 3 rings (SSSR count). The van der Waals surface area contributed by atoms with E-state index in [9.17, 15) is 4.79 Å². The van der Waals surface area contributed by atoms with Gasteiger partial charge in [-0.05, 0) is 62.2 Å². The van der Waals surface area contributed by atoms with E-state index in [0.29, 0.717) is 11.4 Å². The summed E-state index contributed by atoms with van der Waals surface area (Å²) < 4.78 is 2.64. The first kappa shape index (κ1) is 16.4. The van der Waals surface area contributed by atoms with Crippen LogP contribution in [0.5, 0.6) is 0 Å². The fraction of sp³-hybridized carbons (Fsp3) is 0.167. The predicted octanol–water partition coefficient (Wildman–Crippen LogP) is 4.21. The zero-order valence-corrected chi connectivity index (χ0v) is 15.3. The highest BCUT2D eigenvalue weighted by Gasteiger charge is 2.18. The molecule has 0 bridgehead atoms. The van der Waals surface area contributed by atoms with Gasteiger partial charge in [-0.1, -0.05) is 33.3 Å². The van der Waals surface area contributed by atoms with Crippen LogP contribution >= 0.6 is 15.9 Å². The third-order valence-corrected chi connectivity index (χ3v) is 4.35. The lowest BCUT2D eigenvalue weighted by Crippen LogP contribution is -2.15. The first-order valence-corrected chi connectivity index (χ1v) is 8.32. The summed E-state index contributed by atoms with van der Waals surface area (Å²) in [6.45, 7) is 5.78. The number of aryl methyl sites for hydroxylation is 2. The van der Waals surface area contributed by atoms with E-state index >= 15 is 0 Å². The average Bonchev–Trinajstić information content (AvgIpc) is 2.93. The fourth-order valence-corrected chi connectivity index (χ4v) is 2.68. The van der Waals surface area contributed by atoms with E-state index in [4.69, 9.17) is 0 Å². The van der Waals surface area contributed by atoms with E-state index < -0.39 is 0 Å². The lowest BCUT2D eigenvalue weighted by molar-refractivity contribution is 0.102. The Kier molecular flexibility index (Phi) is 4.49. The second-order valence-corrected chi connectivity index (χ2v) is 6.60. The molecule has 1 amide bonds. The Morgan fingerprint density at radius 3 is 2.50 bits per heavy atom. The molecule has 0 spiro atoms. The van der Waals surface area contributed by atoms with Crippen LogP contribution in [-0.4, -0.2) is 20.9 Å². The van der Waals surface area contributed by atoms with Crippen molar-refractivity contribution in [3.63, 3.8) is 0 Å². The maximum Gasteiger partial charge on any atom is 0.278 e. The van der Waals surface area contributed by atoms with Crippen molar-refractivity contribution in [1.29, 1.82) is 0 Å². The molecule has 24 heavy (non-hydrogen) atoms. The molecule has 1 aromatic heterocycles. The van der Waals surface area contributed by atoms with Crippen molar-refractivity contribution >= 4 is 27.5 Å². The van der Waals surface area contributed by atoms with Gasteiger partial charge >= 0.3 is 0 Å². The molecule has 1 heterocycles. The topological polar surface area (TPSA) is 59.8 Å². The van der Waals surface area contributed by atoms with Gasteiger partial charge in [0, 0.05) is 10.2 Å². The van der Waals surface area contributed by atoms with Gasteiger partial charge < -0.3 is 5.32 Å². The van der Waals surface area contributed by atoms with Crippen molar-refractivity contribution in [3.05, 3.63) is 69.5 Å². The summed E-state index contributed by atoms with van der Waals surface area (Å²) in [7, 11) is 0. The number of nitrogens with one attached hydrogen (secondary N) is 1. The van der Waals surface area contributed by atoms with E-state index in [1.165, 1.54) is 0 Å². The van der Waals surface area contributed by atoms with Gasteiger partial charge in [-0.3, -0.25) is 4.79 Å². The van der Waals surface area contributed by atoms with E-state index in [1.807, 2.05) is 63.2 Å². The number of amides is 1. The van der Waals surface area contributed by atoms with Crippen LogP contribution in [0.1, 0.15) is 27.3 Å². The molecule has 0 aliphatic rings. The summed E-state index contributed by atoms with van der Waals surface area (Å²) >= 11 is 3.41. The van der Waals surface area contributed by atoms with E-state index in [-0.39, 0.29) is 5.91 Å². The van der Waals surface area contributed by atoms with Gasteiger partial charge in [0.25, 0.3) is 5.91 Å². The maximum atomic E-state index is 12.6. The molecule has 0 saturated carbocycles. The third kappa shape index (κ3) is 3.23. The summed E-state index contributed by atoms with van der Waals surface area (Å²) in [4.78, 5) is 12.6. The van der Waals surface area contributed by atoms with Gasteiger partial charge in [0.15, 0.2) is 5.69 Å². The monoisotopic (exact) mass is 384 g/mol. The normalized spacial score (nSPS) is 10.7. The molecular weight excluding hydrogens is 368 g/mol. The number of hydrogen-bond acceptors (Lipinski definition) is 3. The van der Waals surface area contributed by atoms with E-state index in [0.717, 1.165) is 27.0 Å². The van der Waals surface area contributed by atoms with E-state index in [1.54, 1.807) is 4.68 Å². The first-order valence-electron chi connectivity index (χ1n) is 7.52. The number of carbonyl (C=O) groups excluding carboxylic acids is 1. The highest BCUT2D eigenvalue weighted by molar-refractivity contribution is 9.10. The van der Waals surface area contributed by atoms with Crippen LogP contribution in [0.2, 0.25) is 0 Å². The van der Waals surface area contributed by atoms with Crippen molar-refractivity contribution in [2.45, 2.75) is 20.8 Å². The SMILES string of the molecule is Cc1ccc(C)c(NC(=O)c2nnn(-c3ccc(Br)cc3)c2C)c1. The summed E-state index contributed by atoms with van der Waals surface area (Å²) in [5, 5.41) is 11.1. The van der Waals surface area contributed by atoms with Gasteiger partial charge in [0.2, 0.25) is 0 Å². The van der Waals surface area contributed by atoms with Gasteiger partial charge in [0.1, 0.15) is 0 Å². The molecule has 1 N–H and O–H groups in total. The minimum atomic E-state index is -0.260. The van der Waals surface area contributed by atoms with Crippen molar-refractivity contribution < 1.29 is 4.79 Å². The van der Waals surface area contributed by atoms with Crippen molar-refractivity contribution in [3.8, 4) is 5.69 Å². The van der Waals surface area contributed by atoms with Crippen LogP contribution < -0.4 is 5.32 Å². The Bertz CT molecular complexity index is 900. The minimum absolute atomic E-state index is 0.260. The van der Waals surface area contributed by atoms with Gasteiger partial charge in [-0.25, -0.2) is 4.68 Å². The molecule has 0 radical (unpaired) electrons. The summed E-state index contributed by atoms with van der Waals surface area (Å²) in [6.07, 6.45) is 0. The molecule has 6 heteroatoms. The molecule has 0 saturated heterocycles. The number of rotatable bonds is 3. The molecule has 5 nitrogen and oxygen atoms in total. The summed E-state index contributed by atoms with van der Waals surface area (Å²) in [6, 6.07) is 13.6. The van der Waals surface area contributed by atoms with Gasteiger partial charge in [0.05, 0.1) is 11.4 Å². The standard InChI is InChI=1S/C18H17BrN4O/c1-11-4-5-12(2)16(10-11)20-18(24)17-13(3)23(22-21-17)15-8-6-14(19)7-9-15/h4-10H,1-3H3,(H,20,24). The van der Waals surface area contributed by atoms with E-state index in [2.05, 4.69) is 31.6 Å². The van der Waals surface area contributed by atoms with Crippen LogP contribution in [-0.2, 0) is 0 Å². The highest BCUT2D eigenvalue weighted by atomic mass is 79.9. The van der Waals surface area contributed by atoms with Gasteiger partial charge in [-0.15, -0.1) is 5.10 Å². The molecule has 0 fully saturated rings. The molecule has 0 atom stereocenters. The molecule has 0 unspecified atom stereocenters. The number of nitrogens with zero attached hydrogens (tertiary/aromatic N) is 3. The molecule has 0 aliphatic carbocycles. The molecule has 3 aromatic rings. The Labute approximate surface area is 148 Å². The zero-order chi connectivity index (χ0) is 17.3. The van der Waals surface area contributed by atoms with Crippen LogP contribution in [0.15, 0.2) is 46.9 Å². The lowest BCUT2D eigenvalue weighted by Gasteiger charge is -2.08. The lowest BCUT2D eigenvalue weighted by atomic mass is 10.1. The molecule has 0 aliphatic heterocycles. The number of aromatic nitrogens is 3.